The van der Waals surface area contributed by atoms with Crippen molar-refractivity contribution in [2.75, 3.05) is 21.3 Å². The highest BCUT2D eigenvalue weighted by atomic mass is 16.5. The van der Waals surface area contributed by atoms with Crippen LogP contribution in [0.15, 0.2) is 42.5 Å². The molecule has 0 aliphatic rings. The summed E-state index contributed by atoms with van der Waals surface area (Å²) in [5.41, 5.74) is 1.81. The number of rotatable bonds is 9. The maximum atomic E-state index is 11.5. The molecule has 0 heterocycles. The highest BCUT2D eigenvalue weighted by molar-refractivity contribution is 5.74. The minimum atomic E-state index is -0.892. The topological polar surface area (TPSA) is 77.0 Å². The highest BCUT2D eigenvalue weighted by Gasteiger charge is 2.19. The number of methoxy groups -OCH3 is 3. The molecule has 0 aromatic heterocycles. The lowest BCUT2D eigenvalue weighted by atomic mass is 10.1. The molecule has 0 radical (unpaired) electrons. The van der Waals surface area contributed by atoms with Crippen molar-refractivity contribution in [2.24, 2.45) is 0 Å². The van der Waals surface area contributed by atoms with Crippen molar-refractivity contribution in [3.05, 3.63) is 53.6 Å². The zero-order valence-electron chi connectivity index (χ0n) is 14.6. The summed E-state index contributed by atoms with van der Waals surface area (Å²) < 4.78 is 15.9. The zero-order chi connectivity index (χ0) is 18.2. The third kappa shape index (κ3) is 4.87. The molecule has 0 fully saturated rings. The normalized spacial score (nSPS) is 11.6. The second kappa shape index (κ2) is 8.94. The number of ether oxygens (including phenoxy) is 3. The highest BCUT2D eigenvalue weighted by Crippen LogP contribution is 2.38. The van der Waals surface area contributed by atoms with Gasteiger partial charge in [0.25, 0.3) is 0 Å². The Kier molecular flexibility index (Phi) is 6.65. The van der Waals surface area contributed by atoms with Crippen LogP contribution in [0.5, 0.6) is 17.2 Å². The lowest BCUT2D eigenvalue weighted by molar-refractivity contribution is -0.139. The maximum Gasteiger partial charge on any atom is 0.321 e. The molecule has 0 saturated heterocycles. The van der Waals surface area contributed by atoms with Gasteiger partial charge in [-0.05, 0) is 29.7 Å². The number of carbonyl (C=O) groups is 1. The molecule has 0 aliphatic carbocycles. The fourth-order valence-corrected chi connectivity index (χ4v) is 2.58. The Morgan fingerprint density at radius 3 is 2.08 bits per heavy atom. The van der Waals surface area contributed by atoms with E-state index in [4.69, 9.17) is 14.2 Å². The lowest BCUT2D eigenvalue weighted by Gasteiger charge is -2.17. The summed E-state index contributed by atoms with van der Waals surface area (Å²) in [5.74, 6) is 0.686. The molecule has 2 aromatic rings. The minimum Gasteiger partial charge on any atom is -0.493 e. The molecular weight excluding hydrogens is 322 g/mol. The van der Waals surface area contributed by atoms with Gasteiger partial charge in [-0.1, -0.05) is 30.3 Å². The summed E-state index contributed by atoms with van der Waals surface area (Å²) >= 11 is 0. The molecule has 134 valence electrons. The molecule has 2 rings (SSSR count). The average Bonchev–Trinajstić information content (AvgIpc) is 2.64. The van der Waals surface area contributed by atoms with Crippen molar-refractivity contribution in [3.63, 3.8) is 0 Å². The summed E-state index contributed by atoms with van der Waals surface area (Å²) in [5, 5.41) is 12.5. The summed E-state index contributed by atoms with van der Waals surface area (Å²) in [7, 11) is 4.63. The van der Waals surface area contributed by atoms with Gasteiger partial charge in [-0.3, -0.25) is 4.79 Å². The SMILES string of the molecule is COc1cc(CN[C@@H](Cc2ccccc2)C(=O)O)cc(OC)c1OC. The molecule has 0 aliphatic heterocycles. The average molecular weight is 345 g/mol. The summed E-state index contributed by atoms with van der Waals surface area (Å²) in [6.45, 7) is 0.362. The van der Waals surface area contributed by atoms with E-state index in [1.54, 1.807) is 33.5 Å². The van der Waals surface area contributed by atoms with Crippen LogP contribution in [0, 0.1) is 0 Å². The molecule has 0 amide bonds. The Bertz CT molecular complexity index is 677. The molecule has 1 atom stereocenters. The Morgan fingerprint density at radius 1 is 1.00 bits per heavy atom. The van der Waals surface area contributed by atoms with E-state index >= 15 is 0 Å². The van der Waals surface area contributed by atoms with Crippen LogP contribution in [-0.4, -0.2) is 38.4 Å². The molecule has 6 heteroatoms. The Hall–Kier alpha value is -2.73. The van der Waals surface area contributed by atoms with Crippen LogP contribution in [-0.2, 0) is 17.8 Å². The van der Waals surface area contributed by atoms with Gasteiger partial charge in [0.05, 0.1) is 21.3 Å². The van der Waals surface area contributed by atoms with E-state index in [2.05, 4.69) is 5.32 Å². The largest absolute Gasteiger partial charge is 0.493 e. The van der Waals surface area contributed by atoms with Crippen LogP contribution >= 0.6 is 0 Å². The van der Waals surface area contributed by atoms with E-state index in [1.807, 2.05) is 30.3 Å². The molecule has 0 spiro atoms. The quantitative estimate of drug-likeness (QED) is 0.727. The summed E-state index contributed by atoms with van der Waals surface area (Å²) in [6, 6.07) is 12.4. The second-order valence-corrected chi connectivity index (χ2v) is 5.50. The molecular formula is C19H23NO5. The minimum absolute atomic E-state index is 0.362. The fraction of sp³-hybridized carbons (Fsp3) is 0.316. The molecule has 0 saturated carbocycles. The number of aliphatic carboxylic acids is 1. The van der Waals surface area contributed by atoms with E-state index in [0.29, 0.717) is 30.2 Å². The van der Waals surface area contributed by atoms with Gasteiger partial charge in [-0.15, -0.1) is 0 Å². The van der Waals surface area contributed by atoms with E-state index in [9.17, 15) is 9.90 Å². The van der Waals surface area contributed by atoms with E-state index in [0.717, 1.165) is 11.1 Å². The van der Waals surface area contributed by atoms with Gasteiger partial charge in [-0.25, -0.2) is 0 Å². The van der Waals surface area contributed by atoms with E-state index in [1.165, 1.54) is 0 Å². The maximum absolute atomic E-state index is 11.5. The molecule has 0 bridgehead atoms. The van der Waals surface area contributed by atoms with Crippen molar-refractivity contribution in [1.29, 1.82) is 0 Å². The third-order valence-corrected chi connectivity index (χ3v) is 3.86. The zero-order valence-corrected chi connectivity index (χ0v) is 14.6. The molecule has 25 heavy (non-hydrogen) atoms. The second-order valence-electron chi connectivity index (χ2n) is 5.50. The van der Waals surface area contributed by atoms with Gasteiger partial charge >= 0.3 is 5.97 Å². The fourth-order valence-electron chi connectivity index (χ4n) is 2.58. The van der Waals surface area contributed by atoms with Gasteiger partial charge in [0.1, 0.15) is 6.04 Å². The van der Waals surface area contributed by atoms with Crippen molar-refractivity contribution >= 4 is 5.97 Å². The van der Waals surface area contributed by atoms with Gasteiger partial charge in [0.15, 0.2) is 11.5 Å². The number of carboxylic acid groups (broad SMARTS) is 1. The van der Waals surface area contributed by atoms with Crippen LogP contribution in [0.25, 0.3) is 0 Å². The number of carboxylic acids is 1. The smallest absolute Gasteiger partial charge is 0.321 e. The van der Waals surface area contributed by atoms with Crippen LogP contribution < -0.4 is 19.5 Å². The van der Waals surface area contributed by atoms with Crippen LogP contribution in [0.3, 0.4) is 0 Å². The number of hydrogen-bond donors (Lipinski definition) is 2. The predicted octanol–water partition coefficient (Wildman–Crippen LogP) is 2.50. The van der Waals surface area contributed by atoms with Gasteiger partial charge in [0.2, 0.25) is 5.75 Å². The van der Waals surface area contributed by atoms with Crippen molar-refractivity contribution in [2.45, 2.75) is 19.0 Å². The van der Waals surface area contributed by atoms with Crippen molar-refractivity contribution < 1.29 is 24.1 Å². The summed E-state index contributed by atoms with van der Waals surface area (Å²) in [4.78, 5) is 11.5. The summed E-state index contributed by atoms with van der Waals surface area (Å²) in [6.07, 6.45) is 0.403. The van der Waals surface area contributed by atoms with Crippen LogP contribution in [0.4, 0.5) is 0 Å². The van der Waals surface area contributed by atoms with Crippen LogP contribution in [0.1, 0.15) is 11.1 Å². The lowest BCUT2D eigenvalue weighted by Crippen LogP contribution is -2.38. The van der Waals surface area contributed by atoms with Gasteiger partial charge in [-0.2, -0.15) is 0 Å². The Morgan fingerprint density at radius 2 is 1.60 bits per heavy atom. The Labute approximate surface area is 147 Å². The third-order valence-electron chi connectivity index (χ3n) is 3.86. The molecule has 0 unspecified atom stereocenters. The first-order valence-electron chi connectivity index (χ1n) is 7.88. The Balaban J connectivity index is 2.13. The molecule has 2 aromatic carbocycles. The first kappa shape index (κ1) is 18.6. The first-order valence-corrected chi connectivity index (χ1v) is 7.88. The first-order chi connectivity index (χ1) is 12.1. The standard InChI is InChI=1S/C19H23NO5/c1-23-16-10-14(11-17(24-2)18(16)25-3)12-20-15(19(21)22)9-13-7-5-4-6-8-13/h4-8,10-11,15,20H,9,12H2,1-3H3,(H,21,22)/t15-/m0/s1. The number of nitrogens with one attached hydrogen (secondary N) is 1. The van der Waals surface area contributed by atoms with Crippen molar-refractivity contribution in [1.82, 2.24) is 5.32 Å². The molecule has 6 nitrogen and oxygen atoms in total. The number of benzene rings is 2. The van der Waals surface area contributed by atoms with E-state index in [-0.39, 0.29) is 0 Å². The van der Waals surface area contributed by atoms with E-state index < -0.39 is 12.0 Å². The molecule has 2 N–H and O–H groups in total. The predicted molar refractivity (Wildman–Crippen MR) is 94.5 cm³/mol. The monoisotopic (exact) mass is 345 g/mol. The number of hydrogen-bond acceptors (Lipinski definition) is 5. The van der Waals surface area contributed by atoms with Gasteiger partial charge < -0.3 is 24.6 Å². The van der Waals surface area contributed by atoms with Crippen LogP contribution in [0.2, 0.25) is 0 Å². The van der Waals surface area contributed by atoms with Gasteiger partial charge in [0, 0.05) is 6.54 Å². The van der Waals surface area contributed by atoms with Crippen molar-refractivity contribution in [3.8, 4) is 17.2 Å².